The highest BCUT2D eigenvalue weighted by atomic mass is 14.8. The summed E-state index contributed by atoms with van der Waals surface area (Å²) in [6, 6.07) is 70.4. The largest absolute Gasteiger partial charge is 0.245 e. The molecule has 0 atom stereocenters. The molecule has 0 aliphatic carbocycles. The molecule has 0 N–H and O–H groups in total. The summed E-state index contributed by atoms with van der Waals surface area (Å²) >= 11 is 0. The van der Waals surface area contributed by atoms with E-state index in [0.29, 0.717) is 0 Å². The minimum atomic E-state index is 0.914. The van der Waals surface area contributed by atoms with Crippen LogP contribution in [0.5, 0.6) is 0 Å². The van der Waals surface area contributed by atoms with Gasteiger partial charge in [0.2, 0.25) is 0 Å². The predicted octanol–water partition coefficient (Wildman–Crippen LogP) is 14.7. The van der Waals surface area contributed by atoms with Crippen molar-refractivity contribution >= 4 is 75.7 Å². The molecule has 56 heavy (non-hydrogen) atoms. The standard InChI is InChI=1S/C54H32N2/c1-2-10-33(11-3-1)47-30-26-37-22-23-38-27-31-48(56-54(38)53(37)55-47)39-14-9-15-40(32-39)50-41-16-4-6-18-43(41)52(44-19-7-5-17-42(44)50)46-29-25-36-21-20-34-12-8-13-35-24-28-45(46)51(36)49(34)35/h1-32H. The van der Waals surface area contributed by atoms with E-state index in [-0.39, 0.29) is 0 Å². The Labute approximate surface area is 323 Å². The Hall–Kier alpha value is -7.42. The van der Waals surface area contributed by atoms with Crippen LogP contribution in [0.15, 0.2) is 194 Å². The second kappa shape index (κ2) is 12.0. The van der Waals surface area contributed by atoms with Crippen molar-refractivity contribution in [2.24, 2.45) is 0 Å². The lowest BCUT2D eigenvalue weighted by molar-refractivity contribution is 1.36. The van der Waals surface area contributed by atoms with Crippen LogP contribution in [0, 0.1) is 0 Å². The minimum Gasteiger partial charge on any atom is -0.245 e. The van der Waals surface area contributed by atoms with Gasteiger partial charge in [-0.1, -0.05) is 176 Å². The van der Waals surface area contributed by atoms with Gasteiger partial charge in [0.25, 0.3) is 0 Å². The van der Waals surface area contributed by atoms with Gasteiger partial charge < -0.3 is 0 Å². The van der Waals surface area contributed by atoms with Gasteiger partial charge in [-0.05, 0) is 94.3 Å². The Balaban J connectivity index is 1.07. The molecule has 12 aromatic rings. The van der Waals surface area contributed by atoms with Crippen LogP contribution in [0.1, 0.15) is 0 Å². The van der Waals surface area contributed by atoms with Gasteiger partial charge in [0.15, 0.2) is 0 Å². The van der Waals surface area contributed by atoms with Crippen molar-refractivity contribution < 1.29 is 0 Å². The molecule has 2 heteroatoms. The van der Waals surface area contributed by atoms with E-state index in [1.54, 1.807) is 0 Å². The number of rotatable bonds is 4. The van der Waals surface area contributed by atoms with Gasteiger partial charge in [0, 0.05) is 21.9 Å². The number of benzene rings is 10. The van der Waals surface area contributed by atoms with E-state index in [9.17, 15) is 0 Å². The molecule has 0 fully saturated rings. The average Bonchev–Trinajstić information content (AvgIpc) is 3.27. The monoisotopic (exact) mass is 708 g/mol. The summed E-state index contributed by atoms with van der Waals surface area (Å²) in [5.74, 6) is 0. The Bertz CT molecular complexity index is 3460. The molecule has 10 aromatic carbocycles. The summed E-state index contributed by atoms with van der Waals surface area (Å²) < 4.78 is 0. The molecule has 0 radical (unpaired) electrons. The lowest BCUT2D eigenvalue weighted by atomic mass is 9.83. The molecule has 12 rings (SSSR count). The third-order valence-corrected chi connectivity index (χ3v) is 11.8. The van der Waals surface area contributed by atoms with Gasteiger partial charge in [0.1, 0.15) is 0 Å². The molecule has 0 spiro atoms. The van der Waals surface area contributed by atoms with Crippen LogP contribution in [0.25, 0.3) is 120 Å². The van der Waals surface area contributed by atoms with Crippen molar-refractivity contribution in [1.82, 2.24) is 9.97 Å². The van der Waals surface area contributed by atoms with Crippen LogP contribution in [-0.2, 0) is 0 Å². The van der Waals surface area contributed by atoms with E-state index in [1.165, 1.54) is 76.1 Å². The highest BCUT2D eigenvalue weighted by Gasteiger charge is 2.20. The molecular weight excluding hydrogens is 677 g/mol. The maximum absolute atomic E-state index is 5.32. The van der Waals surface area contributed by atoms with E-state index in [0.717, 1.165) is 44.3 Å². The fourth-order valence-corrected chi connectivity index (χ4v) is 9.22. The normalized spacial score (nSPS) is 11.9. The number of hydrogen-bond donors (Lipinski definition) is 0. The number of aromatic nitrogens is 2. The summed E-state index contributed by atoms with van der Waals surface area (Å²) in [6.07, 6.45) is 0. The van der Waals surface area contributed by atoms with Gasteiger partial charge in [-0.2, -0.15) is 0 Å². The van der Waals surface area contributed by atoms with E-state index in [1.807, 2.05) is 6.07 Å². The molecule has 2 nitrogen and oxygen atoms in total. The topological polar surface area (TPSA) is 25.8 Å². The number of fused-ring (bicyclic) bond motifs is 5. The second-order valence-electron chi connectivity index (χ2n) is 14.9. The number of hydrogen-bond acceptors (Lipinski definition) is 2. The first kappa shape index (κ1) is 31.0. The molecule has 0 amide bonds. The molecule has 0 aliphatic rings. The van der Waals surface area contributed by atoms with Crippen LogP contribution in [-0.4, -0.2) is 9.97 Å². The second-order valence-corrected chi connectivity index (χ2v) is 14.9. The Morgan fingerprint density at radius 2 is 0.732 bits per heavy atom. The molecule has 258 valence electrons. The summed E-state index contributed by atoms with van der Waals surface area (Å²) in [7, 11) is 0. The van der Waals surface area contributed by atoms with Crippen molar-refractivity contribution in [3.63, 3.8) is 0 Å². The zero-order valence-corrected chi connectivity index (χ0v) is 30.4. The lowest BCUT2D eigenvalue weighted by Crippen LogP contribution is -1.93. The number of nitrogens with zero attached hydrogens (tertiary/aromatic N) is 2. The van der Waals surface area contributed by atoms with Gasteiger partial charge in [0.05, 0.1) is 22.4 Å². The fraction of sp³-hybridized carbons (Fsp3) is 0. The SMILES string of the molecule is c1ccc(-c2ccc3ccc4ccc(-c5cccc(-c6c7ccccc7c(-c7ccc8ccc9cccc%10ccc7c8c9%10)c7ccccc67)c5)nc4c3n2)cc1. The molecule has 2 heterocycles. The van der Waals surface area contributed by atoms with E-state index in [2.05, 4.69) is 188 Å². The zero-order chi connectivity index (χ0) is 36.7. The highest BCUT2D eigenvalue weighted by Crippen LogP contribution is 2.47. The maximum Gasteiger partial charge on any atom is 0.0972 e. The van der Waals surface area contributed by atoms with Crippen molar-refractivity contribution in [3.05, 3.63) is 194 Å². The molecule has 0 bridgehead atoms. The van der Waals surface area contributed by atoms with Crippen LogP contribution in [0.2, 0.25) is 0 Å². The third-order valence-electron chi connectivity index (χ3n) is 11.8. The van der Waals surface area contributed by atoms with Crippen molar-refractivity contribution in [1.29, 1.82) is 0 Å². The predicted molar refractivity (Wildman–Crippen MR) is 238 cm³/mol. The summed E-state index contributed by atoms with van der Waals surface area (Å²) in [6.45, 7) is 0. The first-order valence-corrected chi connectivity index (χ1v) is 19.2. The average molecular weight is 709 g/mol. The zero-order valence-electron chi connectivity index (χ0n) is 30.4. The molecule has 0 unspecified atom stereocenters. The van der Waals surface area contributed by atoms with Gasteiger partial charge in [-0.15, -0.1) is 0 Å². The Morgan fingerprint density at radius 1 is 0.268 bits per heavy atom. The van der Waals surface area contributed by atoms with E-state index >= 15 is 0 Å². The molecule has 0 saturated heterocycles. The smallest absolute Gasteiger partial charge is 0.0972 e. The summed E-state index contributed by atoms with van der Waals surface area (Å²) in [4.78, 5) is 10.5. The lowest BCUT2D eigenvalue weighted by Gasteiger charge is -2.20. The van der Waals surface area contributed by atoms with Crippen LogP contribution >= 0.6 is 0 Å². The minimum absolute atomic E-state index is 0.914. The molecular formula is C54H32N2. The maximum atomic E-state index is 5.32. The van der Waals surface area contributed by atoms with Crippen molar-refractivity contribution in [3.8, 4) is 44.8 Å². The van der Waals surface area contributed by atoms with E-state index < -0.39 is 0 Å². The molecule has 0 aliphatic heterocycles. The van der Waals surface area contributed by atoms with Gasteiger partial charge >= 0.3 is 0 Å². The Kier molecular flexibility index (Phi) is 6.66. The summed E-state index contributed by atoms with van der Waals surface area (Å²) in [5, 5.41) is 14.9. The van der Waals surface area contributed by atoms with Gasteiger partial charge in [-0.25, -0.2) is 9.97 Å². The van der Waals surface area contributed by atoms with Crippen LogP contribution in [0.3, 0.4) is 0 Å². The molecule has 2 aromatic heterocycles. The van der Waals surface area contributed by atoms with Gasteiger partial charge in [-0.3, -0.25) is 0 Å². The summed E-state index contributed by atoms with van der Waals surface area (Å²) in [5.41, 5.74) is 10.8. The fourth-order valence-electron chi connectivity index (χ4n) is 9.22. The van der Waals surface area contributed by atoms with E-state index in [4.69, 9.17) is 9.97 Å². The third kappa shape index (κ3) is 4.63. The highest BCUT2D eigenvalue weighted by molar-refractivity contribution is 6.29. The number of pyridine rings is 2. The van der Waals surface area contributed by atoms with Crippen molar-refractivity contribution in [2.45, 2.75) is 0 Å². The Morgan fingerprint density at radius 3 is 1.39 bits per heavy atom. The van der Waals surface area contributed by atoms with Crippen molar-refractivity contribution in [2.75, 3.05) is 0 Å². The molecule has 0 saturated carbocycles. The first-order valence-electron chi connectivity index (χ1n) is 19.2. The first-order chi connectivity index (χ1) is 27.8. The van der Waals surface area contributed by atoms with Crippen LogP contribution in [0.4, 0.5) is 0 Å². The quantitative estimate of drug-likeness (QED) is 0.134. The van der Waals surface area contributed by atoms with Crippen LogP contribution < -0.4 is 0 Å².